The second-order valence-corrected chi connectivity index (χ2v) is 7.87. The molecule has 0 amide bonds. The first-order chi connectivity index (χ1) is 12.2. The Balaban J connectivity index is 2.16. The molecule has 1 saturated carbocycles. The summed E-state index contributed by atoms with van der Waals surface area (Å²) in [5.74, 6) is -1.93. The molecule has 0 aromatic heterocycles. The van der Waals surface area contributed by atoms with Crippen molar-refractivity contribution in [1.29, 1.82) is 0 Å². The topological polar surface area (TPSA) is 69.7 Å². The number of fused-ring (bicyclic) bond motifs is 1. The van der Waals surface area contributed by atoms with E-state index in [1.807, 2.05) is 26.0 Å². The summed E-state index contributed by atoms with van der Waals surface area (Å²) < 4.78 is 10.7. The maximum atomic E-state index is 13.6. The Morgan fingerprint density at radius 2 is 1.77 bits per heavy atom. The van der Waals surface area contributed by atoms with Crippen LogP contribution in [0.2, 0.25) is 0 Å². The Labute approximate surface area is 154 Å². The van der Waals surface area contributed by atoms with E-state index in [1.165, 1.54) is 0 Å². The third-order valence-electron chi connectivity index (χ3n) is 5.88. The highest BCUT2D eigenvalue weighted by molar-refractivity contribution is 6.19. The van der Waals surface area contributed by atoms with Crippen LogP contribution in [0.25, 0.3) is 0 Å². The Hall–Kier alpha value is -2.17. The lowest BCUT2D eigenvalue weighted by Crippen LogP contribution is -2.40. The van der Waals surface area contributed by atoms with Crippen LogP contribution >= 0.6 is 0 Å². The third kappa shape index (κ3) is 2.12. The van der Waals surface area contributed by atoms with Gasteiger partial charge in [0.15, 0.2) is 11.2 Å². The van der Waals surface area contributed by atoms with Crippen LogP contribution in [0.5, 0.6) is 0 Å². The second kappa shape index (κ2) is 5.93. The normalized spacial score (nSPS) is 31.1. The van der Waals surface area contributed by atoms with E-state index >= 15 is 0 Å². The quantitative estimate of drug-likeness (QED) is 0.442. The number of hydrogen-bond acceptors (Lipinski definition) is 5. The second-order valence-electron chi connectivity index (χ2n) is 7.87. The number of hydrogen-bond donors (Lipinski definition) is 0. The Kier molecular flexibility index (Phi) is 4.25. The average Bonchev–Trinajstić information content (AvgIpc) is 3.14. The number of benzene rings is 1. The van der Waals surface area contributed by atoms with E-state index < -0.39 is 34.3 Å². The van der Waals surface area contributed by atoms with E-state index in [0.717, 1.165) is 5.56 Å². The highest BCUT2D eigenvalue weighted by Crippen LogP contribution is 2.80. The summed E-state index contributed by atoms with van der Waals surface area (Å²) in [5.41, 5.74) is -1.95. The number of ketones is 1. The van der Waals surface area contributed by atoms with E-state index in [9.17, 15) is 14.4 Å². The Morgan fingerprint density at radius 3 is 2.31 bits per heavy atom. The van der Waals surface area contributed by atoms with Gasteiger partial charge < -0.3 is 9.47 Å². The van der Waals surface area contributed by atoms with Crippen molar-refractivity contribution < 1.29 is 23.9 Å². The first kappa shape index (κ1) is 18.6. The first-order valence-corrected chi connectivity index (χ1v) is 9.22. The number of carbonyl (C=O) groups is 3. The van der Waals surface area contributed by atoms with Gasteiger partial charge in [0, 0.05) is 11.5 Å². The maximum Gasteiger partial charge on any atom is 0.325 e. The molecule has 0 radical (unpaired) electrons. The molecule has 0 bridgehead atoms. The standard InChI is InChI=1S/C21H26O5/c1-6-12-20(15(22)14-10-8-13(3)9-11-14)16-19(4,5)26-18(24)21(16,20)17(23)25-7-2/h8-11,16H,6-7,12H2,1-5H3. The number of esters is 2. The lowest BCUT2D eigenvalue weighted by atomic mass is 9.80. The van der Waals surface area contributed by atoms with E-state index in [1.54, 1.807) is 32.9 Å². The van der Waals surface area contributed by atoms with Crippen molar-refractivity contribution in [2.45, 2.75) is 53.1 Å². The van der Waals surface area contributed by atoms with Gasteiger partial charge >= 0.3 is 11.9 Å². The molecule has 2 fully saturated rings. The molecule has 3 atom stereocenters. The van der Waals surface area contributed by atoms with Crippen LogP contribution in [0, 0.1) is 23.7 Å². The molecule has 3 unspecified atom stereocenters. The first-order valence-electron chi connectivity index (χ1n) is 9.22. The smallest absolute Gasteiger partial charge is 0.325 e. The third-order valence-corrected chi connectivity index (χ3v) is 5.88. The fourth-order valence-corrected chi connectivity index (χ4v) is 5.08. The van der Waals surface area contributed by atoms with E-state index in [0.29, 0.717) is 18.4 Å². The SMILES string of the molecule is CCCC1(C(=O)c2ccc(C)cc2)C2C(C)(C)OC(=O)C21C(=O)OCC. The molecule has 140 valence electrons. The molecule has 1 heterocycles. The molecule has 1 aromatic carbocycles. The Bertz CT molecular complexity index is 763. The monoisotopic (exact) mass is 358 g/mol. The van der Waals surface area contributed by atoms with Gasteiger partial charge in [0.1, 0.15) is 5.60 Å². The number of aryl methyl sites for hydroxylation is 1. The van der Waals surface area contributed by atoms with Gasteiger partial charge in [-0.15, -0.1) is 0 Å². The summed E-state index contributed by atoms with van der Waals surface area (Å²) in [6.45, 7) is 9.30. The van der Waals surface area contributed by atoms with Crippen molar-refractivity contribution in [3.05, 3.63) is 35.4 Å². The van der Waals surface area contributed by atoms with Crippen LogP contribution in [0.4, 0.5) is 0 Å². The zero-order valence-electron chi connectivity index (χ0n) is 16.0. The van der Waals surface area contributed by atoms with Crippen LogP contribution in [-0.4, -0.2) is 29.9 Å². The summed E-state index contributed by atoms with van der Waals surface area (Å²) in [4.78, 5) is 39.4. The molecule has 1 aliphatic carbocycles. The van der Waals surface area contributed by atoms with Crippen LogP contribution in [0.15, 0.2) is 24.3 Å². The molecule has 5 heteroatoms. The molecule has 2 aliphatic rings. The molecule has 26 heavy (non-hydrogen) atoms. The lowest BCUT2D eigenvalue weighted by Gasteiger charge is -2.29. The number of rotatable bonds is 6. The van der Waals surface area contributed by atoms with Gasteiger partial charge in [-0.05, 0) is 34.1 Å². The van der Waals surface area contributed by atoms with Crippen LogP contribution < -0.4 is 0 Å². The molecular weight excluding hydrogens is 332 g/mol. The van der Waals surface area contributed by atoms with Crippen molar-refractivity contribution in [3.8, 4) is 0 Å². The zero-order chi connectivity index (χ0) is 19.3. The van der Waals surface area contributed by atoms with Crippen molar-refractivity contribution >= 4 is 17.7 Å². The lowest BCUT2D eigenvalue weighted by molar-refractivity contribution is -0.166. The molecule has 3 rings (SSSR count). The minimum atomic E-state index is -1.52. The minimum Gasteiger partial charge on any atom is -0.465 e. The maximum absolute atomic E-state index is 13.6. The number of Topliss-reactive ketones (excluding diaryl/α,β-unsaturated/α-hetero) is 1. The number of carbonyl (C=O) groups excluding carboxylic acids is 3. The summed E-state index contributed by atoms with van der Waals surface area (Å²) in [5, 5.41) is 0. The minimum absolute atomic E-state index is 0.155. The van der Waals surface area contributed by atoms with E-state index in [4.69, 9.17) is 9.47 Å². The Morgan fingerprint density at radius 1 is 1.15 bits per heavy atom. The number of cyclic esters (lactones) is 1. The van der Waals surface area contributed by atoms with Crippen LogP contribution in [0.1, 0.15) is 56.5 Å². The van der Waals surface area contributed by atoms with Gasteiger partial charge in [0.05, 0.1) is 12.0 Å². The van der Waals surface area contributed by atoms with Gasteiger partial charge in [-0.25, -0.2) is 0 Å². The predicted molar refractivity (Wildman–Crippen MR) is 95.6 cm³/mol. The van der Waals surface area contributed by atoms with Crippen molar-refractivity contribution in [3.63, 3.8) is 0 Å². The molecule has 0 spiro atoms. The number of ether oxygens (including phenoxy) is 2. The van der Waals surface area contributed by atoms with Crippen molar-refractivity contribution in [1.82, 2.24) is 0 Å². The summed E-state index contributed by atoms with van der Waals surface area (Å²) >= 11 is 0. The predicted octanol–water partition coefficient (Wildman–Crippen LogP) is 3.48. The van der Waals surface area contributed by atoms with E-state index in [2.05, 4.69) is 0 Å². The molecule has 1 aliphatic heterocycles. The van der Waals surface area contributed by atoms with Crippen LogP contribution in [0.3, 0.4) is 0 Å². The van der Waals surface area contributed by atoms with Gasteiger partial charge in [-0.1, -0.05) is 43.2 Å². The summed E-state index contributed by atoms with van der Waals surface area (Å²) in [6, 6.07) is 7.26. The zero-order valence-corrected chi connectivity index (χ0v) is 16.0. The summed E-state index contributed by atoms with van der Waals surface area (Å²) in [6.07, 6.45) is 1.13. The summed E-state index contributed by atoms with van der Waals surface area (Å²) in [7, 11) is 0. The van der Waals surface area contributed by atoms with Gasteiger partial charge in [-0.2, -0.15) is 0 Å². The van der Waals surface area contributed by atoms with Gasteiger partial charge in [0.25, 0.3) is 0 Å². The van der Waals surface area contributed by atoms with Gasteiger partial charge in [-0.3, -0.25) is 14.4 Å². The fourth-order valence-electron chi connectivity index (χ4n) is 5.08. The largest absolute Gasteiger partial charge is 0.465 e. The fraction of sp³-hybridized carbons (Fsp3) is 0.571. The van der Waals surface area contributed by atoms with Crippen molar-refractivity contribution in [2.24, 2.45) is 16.7 Å². The molecular formula is C21H26O5. The van der Waals surface area contributed by atoms with E-state index in [-0.39, 0.29) is 12.4 Å². The molecule has 5 nitrogen and oxygen atoms in total. The highest BCUT2D eigenvalue weighted by Gasteiger charge is 2.95. The molecule has 0 N–H and O–H groups in total. The average molecular weight is 358 g/mol. The van der Waals surface area contributed by atoms with Crippen molar-refractivity contribution in [2.75, 3.05) is 6.61 Å². The van der Waals surface area contributed by atoms with Gasteiger partial charge in [0.2, 0.25) is 0 Å². The van der Waals surface area contributed by atoms with Crippen LogP contribution in [-0.2, 0) is 19.1 Å². The highest BCUT2D eigenvalue weighted by atomic mass is 16.6. The molecule has 1 aromatic rings. The molecule has 1 saturated heterocycles.